The maximum absolute atomic E-state index is 12.9. The van der Waals surface area contributed by atoms with Gasteiger partial charge in [-0.2, -0.15) is 5.26 Å². The van der Waals surface area contributed by atoms with Gasteiger partial charge in [0.2, 0.25) is 5.88 Å². The minimum absolute atomic E-state index is 0.0109. The third-order valence-electron chi connectivity index (χ3n) is 5.54. The van der Waals surface area contributed by atoms with Crippen molar-refractivity contribution in [1.29, 1.82) is 5.26 Å². The minimum Gasteiger partial charge on any atom is -0.494 e. The largest absolute Gasteiger partial charge is 0.494 e. The van der Waals surface area contributed by atoms with Gasteiger partial charge in [0.25, 0.3) is 5.56 Å². The van der Waals surface area contributed by atoms with Gasteiger partial charge in [0, 0.05) is 29.9 Å². The molecule has 0 spiro atoms. The van der Waals surface area contributed by atoms with Gasteiger partial charge in [-0.25, -0.2) is 0 Å². The Labute approximate surface area is 184 Å². The van der Waals surface area contributed by atoms with Crippen molar-refractivity contribution in [2.45, 2.75) is 19.9 Å². The number of aromatic hydroxyl groups is 1. The maximum Gasteiger partial charge on any atom is 0.271 e. The van der Waals surface area contributed by atoms with Gasteiger partial charge in [-0.05, 0) is 42.7 Å². The third-order valence-corrected chi connectivity index (χ3v) is 5.54. The summed E-state index contributed by atoms with van der Waals surface area (Å²) < 4.78 is 6.54. The molecule has 0 amide bonds. The van der Waals surface area contributed by atoms with E-state index in [-0.39, 0.29) is 18.0 Å². The third kappa shape index (κ3) is 3.74. The molecule has 0 saturated heterocycles. The number of aliphatic imine (C=N–C) groups is 1. The average molecular weight is 426 g/mol. The van der Waals surface area contributed by atoms with Crippen molar-refractivity contribution in [2.24, 2.45) is 4.99 Å². The zero-order chi connectivity index (χ0) is 22.7. The van der Waals surface area contributed by atoms with Crippen LogP contribution < -0.4 is 10.3 Å². The van der Waals surface area contributed by atoms with E-state index in [0.717, 1.165) is 16.5 Å². The second-order valence-electron chi connectivity index (χ2n) is 7.35. The highest BCUT2D eigenvalue weighted by atomic mass is 16.5. The van der Waals surface area contributed by atoms with Crippen LogP contribution in [0.1, 0.15) is 22.3 Å². The van der Waals surface area contributed by atoms with Crippen LogP contribution in [0.25, 0.3) is 10.9 Å². The Morgan fingerprint density at radius 2 is 1.97 bits per heavy atom. The lowest BCUT2D eigenvalue weighted by atomic mass is 10.1. The van der Waals surface area contributed by atoms with Crippen molar-refractivity contribution in [3.05, 3.63) is 87.3 Å². The number of benzene rings is 2. The molecule has 4 rings (SSSR count). The van der Waals surface area contributed by atoms with Crippen LogP contribution in [0.2, 0.25) is 0 Å². The van der Waals surface area contributed by atoms with Crippen LogP contribution >= 0.6 is 0 Å². The highest BCUT2D eigenvalue weighted by Gasteiger charge is 2.18. The number of rotatable bonds is 6. The Kier molecular flexibility index (Phi) is 5.77. The lowest BCUT2D eigenvalue weighted by Gasteiger charge is -2.14. The molecule has 0 bridgehead atoms. The smallest absolute Gasteiger partial charge is 0.271 e. The molecule has 2 aromatic carbocycles. The van der Waals surface area contributed by atoms with E-state index >= 15 is 0 Å². The summed E-state index contributed by atoms with van der Waals surface area (Å²) in [6.45, 7) is 1.85. The van der Waals surface area contributed by atoms with Gasteiger partial charge < -0.3 is 14.8 Å². The molecule has 2 N–H and O–H groups in total. The van der Waals surface area contributed by atoms with Gasteiger partial charge >= 0.3 is 0 Å². The Morgan fingerprint density at radius 3 is 2.75 bits per heavy atom. The van der Waals surface area contributed by atoms with E-state index in [2.05, 4.69) is 9.98 Å². The van der Waals surface area contributed by atoms with Crippen molar-refractivity contribution < 1.29 is 9.84 Å². The van der Waals surface area contributed by atoms with Gasteiger partial charge in [-0.3, -0.25) is 14.4 Å². The summed E-state index contributed by atoms with van der Waals surface area (Å²) in [4.78, 5) is 20.5. The summed E-state index contributed by atoms with van der Waals surface area (Å²) in [5.41, 5.74) is 2.78. The molecule has 0 fully saturated rings. The molecule has 0 aliphatic carbocycles. The molecule has 0 aliphatic rings. The van der Waals surface area contributed by atoms with E-state index in [1.54, 1.807) is 26.2 Å². The number of aromatic amines is 1. The lowest BCUT2D eigenvalue weighted by Crippen LogP contribution is -2.26. The topological polar surface area (TPSA) is 103 Å². The first kappa shape index (κ1) is 20.9. The molecule has 0 atom stereocenters. The van der Waals surface area contributed by atoms with Gasteiger partial charge in [0.05, 0.1) is 12.7 Å². The Morgan fingerprint density at radius 1 is 1.22 bits per heavy atom. The summed E-state index contributed by atoms with van der Waals surface area (Å²) in [5.74, 6) is 0.360. The Balaban J connectivity index is 1.74. The quantitative estimate of drug-likeness (QED) is 0.451. The number of pyridine rings is 1. The molecule has 160 valence electrons. The van der Waals surface area contributed by atoms with Gasteiger partial charge in [-0.1, -0.05) is 30.3 Å². The fourth-order valence-electron chi connectivity index (χ4n) is 3.77. The number of para-hydroxylation sites is 3. The van der Waals surface area contributed by atoms with Crippen LogP contribution in [0.5, 0.6) is 11.6 Å². The summed E-state index contributed by atoms with van der Waals surface area (Å²) in [6.07, 6.45) is 3.87. The van der Waals surface area contributed by atoms with Gasteiger partial charge in [0.1, 0.15) is 23.1 Å². The molecule has 2 aromatic heterocycles. The van der Waals surface area contributed by atoms with E-state index < -0.39 is 5.56 Å². The SMILES string of the molecule is COc1ccccc1N=Cc1c(C)c(C#N)c(=O)n(CCc2c[nH]c3ccccc23)c1O. The van der Waals surface area contributed by atoms with Crippen LogP contribution in [0.4, 0.5) is 5.69 Å². The lowest BCUT2D eigenvalue weighted by molar-refractivity contribution is 0.404. The Bertz CT molecular complexity index is 1420. The number of hydrogen-bond acceptors (Lipinski definition) is 5. The van der Waals surface area contributed by atoms with Crippen LogP contribution in [-0.4, -0.2) is 28.0 Å². The van der Waals surface area contributed by atoms with E-state index in [9.17, 15) is 15.2 Å². The highest BCUT2D eigenvalue weighted by molar-refractivity contribution is 5.88. The predicted octanol–water partition coefficient (Wildman–Crippen LogP) is 4.22. The van der Waals surface area contributed by atoms with E-state index in [1.807, 2.05) is 48.7 Å². The molecule has 4 aromatic rings. The number of aromatic nitrogens is 2. The van der Waals surface area contributed by atoms with Crippen molar-refractivity contribution >= 4 is 22.8 Å². The second-order valence-corrected chi connectivity index (χ2v) is 7.35. The molecular weight excluding hydrogens is 404 g/mol. The zero-order valence-electron chi connectivity index (χ0n) is 17.8. The number of hydrogen-bond donors (Lipinski definition) is 2. The van der Waals surface area contributed by atoms with Crippen molar-refractivity contribution in [3.8, 4) is 17.7 Å². The molecule has 0 aliphatic heterocycles. The van der Waals surface area contributed by atoms with Crippen molar-refractivity contribution in [2.75, 3.05) is 7.11 Å². The highest BCUT2D eigenvalue weighted by Crippen LogP contribution is 2.28. The van der Waals surface area contributed by atoms with E-state index in [0.29, 0.717) is 29.0 Å². The molecule has 7 nitrogen and oxygen atoms in total. The van der Waals surface area contributed by atoms with Gasteiger partial charge in [-0.15, -0.1) is 0 Å². The summed E-state index contributed by atoms with van der Waals surface area (Å²) >= 11 is 0. The monoisotopic (exact) mass is 426 g/mol. The number of nitriles is 1. The first-order valence-corrected chi connectivity index (χ1v) is 10.1. The molecule has 7 heteroatoms. The number of aryl methyl sites for hydroxylation is 1. The fraction of sp³-hybridized carbons (Fsp3) is 0.160. The number of fused-ring (bicyclic) bond motifs is 1. The first-order chi connectivity index (χ1) is 15.5. The predicted molar refractivity (Wildman–Crippen MR) is 124 cm³/mol. The van der Waals surface area contributed by atoms with Crippen molar-refractivity contribution in [1.82, 2.24) is 9.55 Å². The van der Waals surface area contributed by atoms with Crippen LogP contribution in [0.3, 0.4) is 0 Å². The molecular formula is C25H22N4O3. The normalized spacial score (nSPS) is 11.2. The van der Waals surface area contributed by atoms with E-state index in [4.69, 9.17) is 4.74 Å². The second kappa shape index (κ2) is 8.82. The summed E-state index contributed by atoms with van der Waals surface area (Å²) in [7, 11) is 1.55. The number of methoxy groups -OCH3 is 1. The van der Waals surface area contributed by atoms with Crippen LogP contribution in [-0.2, 0) is 13.0 Å². The van der Waals surface area contributed by atoms with Crippen molar-refractivity contribution in [3.63, 3.8) is 0 Å². The maximum atomic E-state index is 12.9. The van der Waals surface area contributed by atoms with Crippen LogP contribution in [0.15, 0.2) is 64.5 Å². The average Bonchev–Trinajstić information content (AvgIpc) is 3.22. The number of H-pyrrole nitrogens is 1. The Hall–Kier alpha value is -4.31. The summed E-state index contributed by atoms with van der Waals surface area (Å²) in [6, 6.07) is 17.1. The fourth-order valence-corrected chi connectivity index (χ4v) is 3.77. The molecule has 2 heterocycles. The van der Waals surface area contributed by atoms with Gasteiger partial charge in [0.15, 0.2) is 0 Å². The number of ether oxygens (including phenoxy) is 1. The van der Waals surface area contributed by atoms with E-state index in [1.165, 1.54) is 10.8 Å². The summed E-state index contributed by atoms with van der Waals surface area (Å²) in [5, 5.41) is 21.6. The number of nitrogens with zero attached hydrogens (tertiary/aromatic N) is 3. The molecule has 0 saturated carbocycles. The minimum atomic E-state index is -0.517. The standard InChI is InChI=1S/C25H22N4O3/c1-16-19(13-26)24(30)29(12-11-17-14-27-21-8-4-3-7-18(17)21)25(31)20(16)15-28-22-9-5-6-10-23(22)32-2/h3-10,14-15,27,31H,11-12H2,1-2H3. The first-order valence-electron chi connectivity index (χ1n) is 10.1. The molecule has 0 unspecified atom stereocenters. The number of nitrogens with one attached hydrogen (secondary N) is 1. The molecule has 0 radical (unpaired) electrons. The van der Waals surface area contributed by atoms with Crippen LogP contribution in [0, 0.1) is 18.3 Å². The molecule has 32 heavy (non-hydrogen) atoms. The zero-order valence-corrected chi connectivity index (χ0v) is 17.8.